The molecule has 3 aromatic rings. The number of pyridine rings is 1. The maximum Gasteiger partial charge on any atom is 0.416 e. The van der Waals surface area contributed by atoms with Gasteiger partial charge in [0, 0.05) is 31.5 Å². The molecule has 2 heterocycles. The lowest BCUT2D eigenvalue weighted by atomic mass is 10.0. The molecule has 0 unspecified atom stereocenters. The number of halogens is 3. The smallest absolute Gasteiger partial charge is 0.416 e. The second-order valence-corrected chi connectivity index (χ2v) is 11.4. The van der Waals surface area contributed by atoms with Gasteiger partial charge in [-0.05, 0) is 61.8 Å². The third-order valence-electron chi connectivity index (χ3n) is 7.43. The van der Waals surface area contributed by atoms with E-state index in [0.29, 0.717) is 41.4 Å². The molecule has 230 valence electrons. The zero-order valence-corrected chi connectivity index (χ0v) is 25.5. The van der Waals surface area contributed by atoms with Gasteiger partial charge in [-0.1, -0.05) is 12.8 Å². The molecule has 0 aliphatic heterocycles. The number of nitriles is 1. The molecule has 12 heteroatoms. The zero-order valence-electron chi connectivity index (χ0n) is 24.7. The lowest BCUT2D eigenvalue weighted by Crippen LogP contribution is -2.31. The summed E-state index contributed by atoms with van der Waals surface area (Å²) in [6.45, 7) is 4.48. The summed E-state index contributed by atoms with van der Waals surface area (Å²) in [6, 6.07) is 9.04. The minimum absolute atomic E-state index is 0.0123. The highest BCUT2D eigenvalue weighted by atomic mass is 32.2. The second kappa shape index (κ2) is 15.1. The molecule has 1 fully saturated rings. The van der Waals surface area contributed by atoms with Crippen LogP contribution in [0.2, 0.25) is 0 Å². The Bertz CT molecular complexity index is 1380. The molecule has 0 N–H and O–H groups in total. The van der Waals surface area contributed by atoms with Gasteiger partial charge in [-0.3, -0.25) is 0 Å². The number of benzene rings is 1. The molecule has 1 aliphatic rings. The Kier molecular flexibility index (Phi) is 11.3. The van der Waals surface area contributed by atoms with Crippen LogP contribution in [0.3, 0.4) is 0 Å². The predicted octanol–water partition coefficient (Wildman–Crippen LogP) is 6.74. The summed E-state index contributed by atoms with van der Waals surface area (Å²) in [4.78, 5) is 17.9. The van der Waals surface area contributed by atoms with Crippen LogP contribution in [0.15, 0.2) is 42.7 Å². The van der Waals surface area contributed by atoms with Crippen LogP contribution < -0.4 is 19.3 Å². The minimum Gasteiger partial charge on any atom is -0.489 e. The van der Waals surface area contributed by atoms with Crippen LogP contribution >= 0.6 is 11.8 Å². The van der Waals surface area contributed by atoms with Crippen LogP contribution in [0.4, 0.5) is 24.8 Å². The molecule has 1 saturated carbocycles. The summed E-state index contributed by atoms with van der Waals surface area (Å²) in [5.74, 6) is 2.63. The van der Waals surface area contributed by atoms with Gasteiger partial charge in [-0.15, -0.1) is 0 Å². The summed E-state index contributed by atoms with van der Waals surface area (Å²) in [5, 5.41) is 9.46. The summed E-state index contributed by atoms with van der Waals surface area (Å²) < 4.78 is 52.3. The first kappa shape index (κ1) is 32.2. The van der Waals surface area contributed by atoms with Gasteiger partial charge in [0.15, 0.2) is 5.75 Å². The quantitative estimate of drug-likeness (QED) is 0.183. The van der Waals surface area contributed by atoms with Crippen molar-refractivity contribution in [2.24, 2.45) is 5.92 Å². The molecule has 4 rings (SSSR count). The van der Waals surface area contributed by atoms with E-state index in [1.54, 1.807) is 36.2 Å². The monoisotopic (exact) mass is 614 g/mol. The van der Waals surface area contributed by atoms with Crippen LogP contribution in [0.5, 0.6) is 11.6 Å². The van der Waals surface area contributed by atoms with E-state index in [2.05, 4.69) is 21.8 Å². The molecular formula is C31H37F3N6O2S. The third kappa shape index (κ3) is 8.89. The maximum atomic E-state index is 13.7. The van der Waals surface area contributed by atoms with Crippen LogP contribution in [0, 0.1) is 17.2 Å². The Labute approximate surface area is 255 Å². The van der Waals surface area contributed by atoms with E-state index in [9.17, 15) is 18.4 Å². The minimum atomic E-state index is -4.60. The number of hydrogen-bond donors (Lipinski definition) is 0. The van der Waals surface area contributed by atoms with Gasteiger partial charge in [0.05, 0.1) is 61.2 Å². The first-order valence-corrected chi connectivity index (χ1v) is 15.7. The van der Waals surface area contributed by atoms with E-state index >= 15 is 0 Å². The molecule has 0 atom stereocenters. The molecule has 1 aromatic carbocycles. The Morgan fingerprint density at radius 2 is 1.81 bits per heavy atom. The van der Waals surface area contributed by atoms with Gasteiger partial charge in [0.1, 0.15) is 0 Å². The topological polar surface area (TPSA) is 87.4 Å². The number of methoxy groups -OCH3 is 1. The lowest BCUT2D eigenvalue weighted by Gasteiger charge is -2.30. The van der Waals surface area contributed by atoms with Gasteiger partial charge < -0.3 is 19.3 Å². The van der Waals surface area contributed by atoms with Crippen molar-refractivity contribution in [2.75, 3.05) is 48.6 Å². The molecule has 0 bridgehead atoms. The van der Waals surface area contributed by atoms with Gasteiger partial charge in [0.2, 0.25) is 11.8 Å². The Balaban J connectivity index is 1.72. The Morgan fingerprint density at radius 1 is 1.07 bits per heavy atom. The van der Waals surface area contributed by atoms with Gasteiger partial charge >= 0.3 is 6.18 Å². The summed E-state index contributed by atoms with van der Waals surface area (Å²) in [7, 11) is 1.55. The Hall–Kier alpha value is -3.72. The van der Waals surface area contributed by atoms with E-state index in [4.69, 9.17) is 14.5 Å². The van der Waals surface area contributed by atoms with Crippen molar-refractivity contribution in [3.63, 3.8) is 0 Å². The van der Waals surface area contributed by atoms with Crippen molar-refractivity contribution in [1.82, 2.24) is 15.0 Å². The van der Waals surface area contributed by atoms with Gasteiger partial charge in [-0.2, -0.15) is 30.2 Å². The van der Waals surface area contributed by atoms with E-state index in [1.807, 2.05) is 24.5 Å². The van der Waals surface area contributed by atoms with E-state index in [0.717, 1.165) is 36.7 Å². The average molecular weight is 615 g/mol. The first-order chi connectivity index (χ1) is 20.7. The average Bonchev–Trinajstić information content (AvgIpc) is 3.53. The Morgan fingerprint density at radius 3 is 2.44 bits per heavy atom. The van der Waals surface area contributed by atoms with Crippen molar-refractivity contribution in [3.8, 4) is 17.7 Å². The standard InChI is InChI=1S/C31H37F3N6O2S/c1-4-39(19-22-7-5-6-8-22)28-9-10-29(41-2)38-27(28)21-40(30-36-17-26(18-37-30)42-11-12-43-3)20-24-13-23(16-35)14-25(15-24)31(32,33)34/h9-10,13-15,17-18,22H,4-8,11-12,19-21H2,1-3H3. The second-order valence-electron chi connectivity index (χ2n) is 10.5. The predicted molar refractivity (Wildman–Crippen MR) is 163 cm³/mol. The van der Waals surface area contributed by atoms with Crippen LogP contribution in [0.25, 0.3) is 0 Å². The van der Waals surface area contributed by atoms with Crippen LogP contribution in [-0.2, 0) is 19.3 Å². The van der Waals surface area contributed by atoms with Crippen molar-refractivity contribution in [3.05, 3.63) is 65.1 Å². The molecule has 0 spiro atoms. The third-order valence-corrected chi connectivity index (χ3v) is 8.00. The molecule has 0 radical (unpaired) electrons. The number of aromatic nitrogens is 3. The number of thioether (sulfide) groups is 1. The molecule has 43 heavy (non-hydrogen) atoms. The number of alkyl halides is 3. The largest absolute Gasteiger partial charge is 0.489 e. The van der Waals surface area contributed by atoms with Crippen molar-refractivity contribution >= 4 is 23.4 Å². The molecule has 2 aromatic heterocycles. The molecule has 8 nitrogen and oxygen atoms in total. The summed E-state index contributed by atoms with van der Waals surface area (Å²) >= 11 is 1.66. The van der Waals surface area contributed by atoms with E-state index < -0.39 is 11.7 Å². The van der Waals surface area contributed by atoms with Crippen LogP contribution in [-0.4, -0.2) is 53.8 Å². The van der Waals surface area contributed by atoms with Crippen molar-refractivity contribution in [2.45, 2.75) is 51.9 Å². The first-order valence-electron chi connectivity index (χ1n) is 14.3. The molecular weight excluding hydrogens is 577 g/mol. The zero-order chi connectivity index (χ0) is 30.8. The molecule has 0 saturated heterocycles. The fourth-order valence-corrected chi connectivity index (χ4v) is 5.54. The van der Waals surface area contributed by atoms with Gasteiger partial charge in [-0.25, -0.2) is 15.0 Å². The number of rotatable bonds is 14. The number of nitrogens with zero attached hydrogens (tertiary/aromatic N) is 6. The fourth-order valence-electron chi connectivity index (χ4n) is 5.29. The molecule has 1 aliphatic carbocycles. The SMILES string of the molecule is CCN(CC1CCCC1)c1ccc(OC)nc1CN(Cc1cc(C#N)cc(C(F)(F)F)c1)c1ncc(OCCSC)cn1. The number of ether oxygens (including phenoxy) is 2. The molecule has 0 amide bonds. The lowest BCUT2D eigenvalue weighted by molar-refractivity contribution is -0.137. The highest BCUT2D eigenvalue weighted by Crippen LogP contribution is 2.33. The normalized spacial score (nSPS) is 13.5. The van der Waals surface area contributed by atoms with Gasteiger partial charge in [0.25, 0.3) is 0 Å². The summed E-state index contributed by atoms with van der Waals surface area (Å²) in [6.07, 6.45) is 5.36. The van der Waals surface area contributed by atoms with E-state index in [1.165, 1.54) is 31.7 Å². The summed E-state index contributed by atoms with van der Waals surface area (Å²) in [5.41, 5.74) is 0.971. The fraction of sp³-hybridized carbons (Fsp3) is 0.484. The number of anilines is 2. The van der Waals surface area contributed by atoms with Crippen molar-refractivity contribution in [1.29, 1.82) is 5.26 Å². The van der Waals surface area contributed by atoms with Crippen molar-refractivity contribution < 1.29 is 22.6 Å². The number of hydrogen-bond acceptors (Lipinski definition) is 9. The van der Waals surface area contributed by atoms with E-state index in [-0.39, 0.29) is 18.7 Å². The highest BCUT2D eigenvalue weighted by molar-refractivity contribution is 7.98. The van der Waals surface area contributed by atoms with Crippen LogP contribution in [0.1, 0.15) is 55.0 Å². The highest BCUT2D eigenvalue weighted by Gasteiger charge is 2.31. The maximum absolute atomic E-state index is 13.7.